The lowest BCUT2D eigenvalue weighted by Gasteiger charge is -2.28. The number of fused-ring (bicyclic) bond motifs is 2. The molecule has 2 aromatic carbocycles. The summed E-state index contributed by atoms with van der Waals surface area (Å²) in [5.41, 5.74) is 4.10. The van der Waals surface area contributed by atoms with Gasteiger partial charge in [-0.1, -0.05) is 56.4 Å². The van der Waals surface area contributed by atoms with Crippen molar-refractivity contribution in [2.24, 2.45) is 5.92 Å². The van der Waals surface area contributed by atoms with E-state index in [9.17, 15) is 19.2 Å². The van der Waals surface area contributed by atoms with E-state index in [0.717, 1.165) is 61.8 Å². The first-order valence-corrected chi connectivity index (χ1v) is 18.7. The van der Waals surface area contributed by atoms with Crippen molar-refractivity contribution >= 4 is 67.8 Å². The summed E-state index contributed by atoms with van der Waals surface area (Å²) in [4.78, 5) is 55.5. The molecule has 3 amide bonds. The molecule has 2 heterocycles. The number of rotatable bonds is 16. The number of hydrogen-bond donors (Lipinski definition) is 6. The molecule has 0 spiro atoms. The van der Waals surface area contributed by atoms with Crippen molar-refractivity contribution in [1.29, 1.82) is 0 Å². The smallest absolute Gasteiger partial charge is 0.407 e. The van der Waals surface area contributed by atoms with Crippen molar-refractivity contribution < 1.29 is 19.1 Å². The number of nitrogens with one attached hydrogen (secondary N) is 6. The van der Waals surface area contributed by atoms with Crippen LogP contribution in [0.1, 0.15) is 81.3 Å². The van der Waals surface area contributed by atoms with Crippen LogP contribution < -0.4 is 32.1 Å². The molecule has 3 atom stereocenters. The number of pyridine rings is 1. The van der Waals surface area contributed by atoms with Gasteiger partial charge >= 0.3 is 6.09 Å². The molecule has 11 nitrogen and oxygen atoms in total. The van der Waals surface area contributed by atoms with Crippen LogP contribution in [0.3, 0.4) is 0 Å². The van der Waals surface area contributed by atoms with Gasteiger partial charge in [-0.3, -0.25) is 14.4 Å². The Bertz CT molecular complexity index is 1650. The van der Waals surface area contributed by atoms with E-state index in [1.54, 1.807) is 12.1 Å². The molecule has 1 aliphatic heterocycles. The normalized spacial score (nSPS) is 17.0. The van der Waals surface area contributed by atoms with Crippen molar-refractivity contribution in [2.75, 3.05) is 30.3 Å². The molecule has 0 bridgehead atoms. The summed E-state index contributed by atoms with van der Waals surface area (Å²) < 4.78 is 5.60. The first kappa shape index (κ1) is 36.7. The van der Waals surface area contributed by atoms with Crippen LogP contribution in [0, 0.1) is 12.8 Å². The van der Waals surface area contributed by atoms with E-state index in [2.05, 4.69) is 66.0 Å². The Morgan fingerprint density at radius 2 is 1.82 bits per heavy atom. The minimum absolute atomic E-state index is 0.216. The van der Waals surface area contributed by atoms with Crippen molar-refractivity contribution in [3.8, 4) is 0 Å². The van der Waals surface area contributed by atoms with Crippen LogP contribution in [0.4, 0.5) is 16.2 Å². The number of carbonyl (C=O) groups is 3. The second-order valence-electron chi connectivity index (χ2n) is 13.2. The maximum absolute atomic E-state index is 13.9. The highest BCUT2D eigenvalue weighted by atomic mass is 127. The third-order valence-electron chi connectivity index (χ3n) is 9.63. The van der Waals surface area contributed by atoms with E-state index in [-0.39, 0.29) is 24.0 Å². The molecule has 1 aromatic heterocycles. The van der Waals surface area contributed by atoms with E-state index in [1.165, 1.54) is 18.1 Å². The monoisotopic (exact) mass is 781 g/mol. The van der Waals surface area contributed by atoms with Gasteiger partial charge in [-0.2, -0.15) is 0 Å². The Hall–Kier alpha value is -3.59. The van der Waals surface area contributed by atoms with E-state index >= 15 is 0 Å². The molecule has 6 N–H and O–H groups in total. The molecule has 5 rings (SSSR count). The zero-order valence-corrected chi connectivity index (χ0v) is 30.3. The zero-order chi connectivity index (χ0) is 34.6. The summed E-state index contributed by atoms with van der Waals surface area (Å²) in [6.07, 6.45) is 7.85. The third-order valence-corrected chi connectivity index (χ3v) is 10.1. The summed E-state index contributed by atoms with van der Waals surface area (Å²) in [7, 11) is 0. The van der Waals surface area contributed by atoms with Gasteiger partial charge in [0.25, 0.3) is 5.27 Å². The summed E-state index contributed by atoms with van der Waals surface area (Å²) in [5.74, 6) is -0.201. The largest absolute Gasteiger partial charge is 0.450 e. The second kappa shape index (κ2) is 18.4. The van der Waals surface area contributed by atoms with Gasteiger partial charge in [0.1, 0.15) is 12.1 Å². The summed E-state index contributed by atoms with van der Waals surface area (Å²) in [5, 5.41) is 18.1. The number of para-hydroxylation sites is 1. The number of unbranched alkanes of at least 4 members (excludes halogenated alkanes) is 1. The number of ether oxygens (including phenoxy) is 1. The molecule has 2 aliphatic rings. The van der Waals surface area contributed by atoms with Gasteiger partial charge in [0.05, 0.1) is 12.1 Å². The first-order chi connectivity index (χ1) is 23.8. The Morgan fingerprint density at radius 1 is 1.00 bits per heavy atom. The van der Waals surface area contributed by atoms with Gasteiger partial charge in [0.15, 0.2) is 0 Å². The van der Waals surface area contributed by atoms with Gasteiger partial charge < -0.3 is 36.2 Å². The molecule has 1 fully saturated rings. The number of aryl methyl sites for hydroxylation is 1. The Labute approximate surface area is 302 Å². The number of aromatic amines is 1. The predicted molar refractivity (Wildman–Crippen MR) is 203 cm³/mol. The van der Waals surface area contributed by atoms with Crippen LogP contribution in [-0.4, -0.2) is 59.9 Å². The van der Waals surface area contributed by atoms with Gasteiger partial charge in [0, 0.05) is 35.3 Å². The van der Waals surface area contributed by atoms with Crippen molar-refractivity contribution in [3.63, 3.8) is 0 Å². The molecule has 0 saturated heterocycles. The fourth-order valence-corrected chi connectivity index (χ4v) is 7.30. The fourth-order valence-electron chi connectivity index (χ4n) is 6.99. The zero-order valence-electron chi connectivity index (χ0n) is 28.1. The lowest BCUT2D eigenvalue weighted by atomic mass is 9.84. The van der Waals surface area contributed by atoms with E-state index in [4.69, 9.17) is 4.74 Å². The molecular weight excluding hydrogens is 734 g/mol. The van der Waals surface area contributed by atoms with E-state index in [1.807, 2.05) is 30.4 Å². The number of benzene rings is 2. The third kappa shape index (κ3) is 10.7. The van der Waals surface area contributed by atoms with Crippen molar-refractivity contribution in [1.82, 2.24) is 20.8 Å². The van der Waals surface area contributed by atoms with Crippen LogP contribution in [0.5, 0.6) is 0 Å². The van der Waals surface area contributed by atoms with Crippen LogP contribution >= 0.6 is 22.4 Å². The quantitative estimate of drug-likeness (QED) is 0.0624. The van der Waals surface area contributed by atoms with Crippen LogP contribution in [0.2, 0.25) is 0 Å². The average molecular weight is 782 g/mol. The highest BCUT2D eigenvalue weighted by Crippen LogP contribution is 2.33. The minimum Gasteiger partial charge on any atom is -0.450 e. The van der Waals surface area contributed by atoms with E-state index < -0.39 is 24.1 Å². The highest BCUT2D eigenvalue weighted by molar-refractivity contribution is 14.1. The lowest BCUT2D eigenvalue weighted by molar-refractivity contribution is -0.128. The lowest BCUT2D eigenvalue weighted by Crippen LogP contribution is -2.53. The number of alkyl carbamates (subject to hydrolysis) is 1. The number of anilines is 2. The number of H-pyrrole nitrogens is 1. The molecule has 1 aliphatic carbocycles. The second-order valence-corrected chi connectivity index (χ2v) is 13.8. The molecule has 49 heavy (non-hydrogen) atoms. The maximum atomic E-state index is 13.9. The number of aromatic nitrogens is 1. The molecule has 1 radical (unpaired) electrons. The number of hydrogen-bond acceptors (Lipinski definition) is 7. The standard InChI is InChI=1S/C36H47BIN6O5/c1-23-19-33(45)42-31-21-26(14-15-27(23)31)41-34(46)30(13-7-8-17-40-37-38)43-35(47)32(20-24-9-3-2-4-10-24)44-36(48)49-18-16-25-22-39-29-12-6-5-11-28(25)29/h5-6,11-12,14-15,19,21,24-25,30,32,39-40H,2-4,7-10,13,16-18,20,22H2,1H3,(H,41,46)(H,42,45)(H,43,47)(H,44,48)/t25?,30-,32-/m0/s1. The van der Waals surface area contributed by atoms with Crippen LogP contribution in [-0.2, 0) is 14.3 Å². The Morgan fingerprint density at radius 3 is 2.63 bits per heavy atom. The Kier molecular flexibility index (Phi) is 13.8. The number of carbonyl (C=O) groups excluding carboxylic acids is 3. The molecule has 1 unspecified atom stereocenters. The first-order valence-electron chi connectivity index (χ1n) is 17.5. The van der Waals surface area contributed by atoms with E-state index in [0.29, 0.717) is 42.8 Å². The molecular formula is C36H47BIN6O5. The van der Waals surface area contributed by atoms with Gasteiger partial charge in [0.2, 0.25) is 17.4 Å². The molecule has 3 aromatic rings. The van der Waals surface area contributed by atoms with Crippen LogP contribution in [0.15, 0.2) is 53.3 Å². The highest BCUT2D eigenvalue weighted by Gasteiger charge is 2.30. The van der Waals surface area contributed by atoms with Gasteiger partial charge in [-0.25, -0.2) is 4.79 Å². The molecule has 261 valence electrons. The van der Waals surface area contributed by atoms with Gasteiger partial charge in [-0.05, 0) is 80.8 Å². The van der Waals surface area contributed by atoms with Crippen molar-refractivity contribution in [2.45, 2.75) is 89.1 Å². The van der Waals surface area contributed by atoms with Crippen LogP contribution in [0.25, 0.3) is 10.9 Å². The predicted octanol–water partition coefficient (Wildman–Crippen LogP) is 5.65. The fraction of sp³-hybridized carbons (Fsp3) is 0.500. The molecule has 1 saturated carbocycles. The Balaban J connectivity index is 1.24. The summed E-state index contributed by atoms with van der Waals surface area (Å²) >= 11 is 2.13. The topological polar surface area (TPSA) is 153 Å². The SMILES string of the molecule is Cc1cc(=O)[nH]c2cc(NC(=O)[C@H](CCCCN[B]I)NC(=O)[C@H](CC3CCCCC3)NC(=O)OCCC3CNc4ccccc43)ccc12. The molecule has 13 heteroatoms. The summed E-state index contributed by atoms with van der Waals surface area (Å²) in [6.45, 7) is 3.65. The number of amides is 3. The minimum atomic E-state index is -0.830. The van der Waals surface area contributed by atoms with Gasteiger partial charge in [-0.15, -0.1) is 22.4 Å². The number of halogens is 1. The maximum Gasteiger partial charge on any atom is 0.407 e. The van der Waals surface area contributed by atoms with Crippen molar-refractivity contribution in [3.05, 3.63) is 70.0 Å². The average Bonchev–Trinajstić information content (AvgIpc) is 3.50. The summed E-state index contributed by atoms with van der Waals surface area (Å²) in [6, 6.07) is 13.4.